The highest BCUT2D eigenvalue weighted by Gasteiger charge is 2.41. The second kappa shape index (κ2) is 2.58. The molecule has 0 bridgehead atoms. The highest BCUT2D eigenvalue weighted by molar-refractivity contribution is 9.10. The number of nitrogens with zero attached hydrogens (tertiary/aromatic N) is 2. The van der Waals surface area contributed by atoms with Gasteiger partial charge in [0.1, 0.15) is 0 Å². The standard InChI is InChI=1S/C10H10BrN3/c11-9-13-6-8-7(10(12)3-4-10)2-1-5-14(8)9/h1-2,5-6H,3-4,12H2. The molecule has 2 aromatic rings. The molecule has 4 heteroatoms. The van der Waals surface area contributed by atoms with Crippen LogP contribution in [0.3, 0.4) is 0 Å². The van der Waals surface area contributed by atoms with Gasteiger partial charge < -0.3 is 5.73 Å². The molecule has 0 aromatic carbocycles. The third-order valence-electron chi connectivity index (χ3n) is 2.85. The lowest BCUT2D eigenvalue weighted by Gasteiger charge is -2.10. The van der Waals surface area contributed by atoms with Gasteiger partial charge in [-0.2, -0.15) is 0 Å². The molecule has 14 heavy (non-hydrogen) atoms. The predicted octanol–water partition coefficient (Wildman–Crippen LogP) is 2.04. The number of halogens is 1. The smallest absolute Gasteiger partial charge is 0.181 e. The summed E-state index contributed by atoms with van der Waals surface area (Å²) in [7, 11) is 0. The van der Waals surface area contributed by atoms with E-state index in [1.54, 1.807) is 0 Å². The van der Waals surface area contributed by atoms with Gasteiger partial charge in [0.25, 0.3) is 0 Å². The fourth-order valence-electron chi connectivity index (χ4n) is 1.82. The van der Waals surface area contributed by atoms with E-state index in [2.05, 4.69) is 27.0 Å². The molecule has 0 saturated heterocycles. The van der Waals surface area contributed by atoms with Gasteiger partial charge in [-0.1, -0.05) is 6.07 Å². The molecule has 3 nitrogen and oxygen atoms in total. The Morgan fingerprint density at radius 3 is 3.00 bits per heavy atom. The molecule has 0 radical (unpaired) electrons. The molecular formula is C10H10BrN3. The first-order chi connectivity index (χ1) is 6.71. The molecule has 0 spiro atoms. The number of fused-ring (bicyclic) bond motifs is 1. The molecule has 72 valence electrons. The summed E-state index contributed by atoms with van der Waals surface area (Å²) < 4.78 is 2.85. The van der Waals surface area contributed by atoms with Crippen molar-refractivity contribution in [3.63, 3.8) is 0 Å². The minimum Gasteiger partial charge on any atom is -0.321 e. The molecule has 2 aromatic heterocycles. The fraction of sp³-hybridized carbons (Fsp3) is 0.300. The number of hydrogen-bond acceptors (Lipinski definition) is 2. The van der Waals surface area contributed by atoms with Crippen LogP contribution in [-0.2, 0) is 5.54 Å². The Labute approximate surface area is 90.1 Å². The fourth-order valence-corrected chi connectivity index (χ4v) is 2.23. The van der Waals surface area contributed by atoms with E-state index >= 15 is 0 Å². The third-order valence-corrected chi connectivity index (χ3v) is 3.44. The first-order valence-electron chi connectivity index (χ1n) is 4.62. The van der Waals surface area contributed by atoms with Crippen LogP contribution in [0.2, 0.25) is 0 Å². The van der Waals surface area contributed by atoms with Gasteiger partial charge in [-0.25, -0.2) is 4.98 Å². The molecule has 0 aliphatic heterocycles. The van der Waals surface area contributed by atoms with Crippen molar-refractivity contribution in [2.45, 2.75) is 18.4 Å². The van der Waals surface area contributed by atoms with Crippen molar-refractivity contribution in [3.05, 3.63) is 34.8 Å². The van der Waals surface area contributed by atoms with Gasteiger partial charge in [0.15, 0.2) is 4.73 Å². The summed E-state index contributed by atoms with van der Waals surface area (Å²) >= 11 is 3.40. The Bertz CT molecular complexity index is 499. The molecule has 0 unspecified atom stereocenters. The van der Waals surface area contributed by atoms with Gasteiger partial charge in [-0.3, -0.25) is 4.40 Å². The van der Waals surface area contributed by atoms with E-state index in [-0.39, 0.29) is 5.54 Å². The minimum absolute atomic E-state index is 0.0953. The van der Waals surface area contributed by atoms with E-state index in [4.69, 9.17) is 5.73 Å². The molecule has 1 aliphatic carbocycles. The zero-order valence-electron chi connectivity index (χ0n) is 7.57. The average molecular weight is 252 g/mol. The van der Waals surface area contributed by atoms with Gasteiger partial charge in [0.2, 0.25) is 0 Å². The van der Waals surface area contributed by atoms with Crippen LogP contribution in [0.5, 0.6) is 0 Å². The molecule has 1 fully saturated rings. The molecule has 1 saturated carbocycles. The van der Waals surface area contributed by atoms with Gasteiger partial charge in [-0.15, -0.1) is 0 Å². The maximum absolute atomic E-state index is 6.19. The van der Waals surface area contributed by atoms with E-state index in [1.165, 1.54) is 5.56 Å². The van der Waals surface area contributed by atoms with Crippen molar-refractivity contribution >= 4 is 21.4 Å². The van der Waals surface area contributed by atoms with E-state index in [9.17, 15) is 0 Å². The summed E-state index contributed by atoms with van der Waals surface area (Å²) in [4.78, 5) is 4.22. The zero-order chi connectivity index (χ0) is 9.76. The highest BCUT2D eigenvalue weighted by atomic mass is 79.9. The minimum atomic E-state index is -0.0953. The summed E-state index contributed by atoms with van der Waals surface area (Å²) in [5, 5.41) is 0. The number of hydrogen-bond donors (Lipinski definition) is 1. The second-order valence-electron chi connectivity index (χ2n) is 3.86. The average Bonchev–Trinajstić information content (AvgIpc) is 2.83. The monoisotopic (exact) mass is 251 g/mol. The Morgan fingerprint density at radius 2 is 2.29 bits per heavy atom. The highest BCUT2D eigenvalue weighted by Crippen LogP contribution is 2.44. The quantitative estimate of drug-likeness (QED) is 0.844. The normalized spacial score (nSPS) is 18.7. The molecule has 0 amide bonds. The summed E-state index contributed by atoms with van der Waals surface area (Å²) in [6.45, 7) is 0. The Hall–Kier alpha value is -0.870. The van der Waals surface area contributed by atoms with Crippen LogP contribution in [0.4, 0.5) is 0 Å². The molecule has 2 heterocycles. The van der Waals surface area contributed by atoms with E-state index in [0.717, 1.165) is 23.1 Å². The summed E-state index contributed by atoms with van der Waals surface area (Å²) in [6, 6.07) is 4.11. The van der Waals surface area contributed by atoms with E-state index in [0.29, 0.717) is 0 Å². The SMILES string of the molecule is NC1(c2cccn3c(Br)ncc23)CC1. The van der Waals surface area contributed by atoms with Gasteiger partial charge in [0.05, 0.1) is 11.7 Å². The molecular weight excluding hydrogens is 242 g/mol. The van der Waals surface area contributed by atoms with Gasteiger partial charge in [0, 0.05) is 11.7 Å². The third kappa shape index (κ3) is 1.04. The zero-order valence-corrected chi connectivity index (χ0v) is 9.16. The summed E-state index contributed by atoms with van der Waals surface area (Å²) in [5.41, 5.74) is 8.41. The number of rotatable bonds is 1. The van der Waals surface area contributed by atoms with Gasteiger partial charge in [-0.05, 0) is 40.4 Å². The van der Waals surface area contributed by atoms with Crippen LogP contribution in [0.25, 0.3) is 5.52 Å². The van der Waals surface area contributed by atoms with Crippen LogP contribution in [0.15, 0.2) is 29.3 Å². The van der Waals surface area contributed by atoms with Gasteiger partial charge >= 0.3 is 0 Å². The van der Waals surface area contributed by atoms with E-state index < -0.39 is 0 Å². The van der Waals surface area contributed by atoms with E-state index in [1.807, 2.05) is 22.9 Å². The van der Waals surface area contributed by atoms with Crippen molar-refractivity contribution in [2.75, 3.05) is 0 Å². The molecule has 3 rings (SSSR count). The lowest BCUT2D eigenvalue weighted by Crippen LogP contribution is -2.19. The Kier molecular flexibility index (Phi) is 1.56. The molecule has 0 atom stereocenters. The van der Waals surface area contributed by atoms with Crippen LogP contribution < -0.4 is 5.73 Å². The van der Waals surface area contributed by atoms with Crippen molar-refractivity contribution in [1.29, 1.82) is 0 Å². The second-order valence-corrected chi connectivity index (χ2v) is 4.57. The maximum atomic E-state index is 6.19. The number of pyridine rings is 1. The number of nitrogens with two attached hydrogens (primary N) is 1. The number of imidazole rings is 1. The maximum Gasteiger partial charge on any atom is 0.181 e. The Balaban J connectivity index is 2.34. The van der Waals surface area contributed by atoms with Crippen molar-refractivity contribution in [2.24, 2.45) is 5.73 Å². The van der Waals surface area contributed by atoms with Crippen LogP contribution >= 0.6 is 15.9 Å². The Morgan fingerprint density at radius 1 is 1.50 bits per heavy atom. The van der Waals surface area contributed by atoms with Crippen molar-refractivity contribution < 1.29 is 0 Å². The lowest BCUT2D eigenvalue weighted by atomic mass is 10.1. The van der Waals surface area contributed by atoms with Crippen molar-refractivity contribution in [3.8, 4) is 0 Å². The summed E-state index contributed by atoms with van der Waals surface area (Å²) in [6.07, 6.45) is 6.01. The molecule has 1 aliphatic rings. The molecule has 2 N–H and O–H groups in total. The topological polar surface area (TPSA) is 43.3 Å². The largest absolute Gasteiger partial charge is 0.321 e. The predicted molar refractivity (Wildman–Crippen MR) is 58.0 cm³/mol. The lowest BCUT2D eigenvalue weighted by molar-refractivity contribution is 0.742. The van der Waals surface area contributed by atoms with Crippen molar-refractivity contribution in [1.82, 2.24) is 9.38 Å². The summed E-state index contributed by atoms with van der Waals surface area (Å²) in [5.74, 6) is 0. The van der Waals surface area contributed by atoms with Crippen LogP contribution in [0, 0.1) is 0 Å². The van der Waals surface area contributed by atoms with Crippen LogP contribution in [-0.4, -0.2) is 9.38 Å². The van der Waals surface area contributed by atoms with Crippen LogP contribution in [0.1, 0.15) is 18.4 Å². The number of aromatic nitrogens is 2. The first-order valence-corrected chi connectivity index (χ1v) is 5.41. The first kappa shape index (κ1) is 8.44.